The van der Waals surface area contributed by atoms with Gasteiger partial charge in [-0.1, -0.05) is 30.3 Å². The highest BCUT2D eigenvalue weighted by Crippen LogP contribution is 2.50. The molecule has 0 aliphatic carbocycles. The maximum absolute atomic E-state index is 13.3. The lowest BCUT2D eigenvalue weighted by molar-refractivity contribution is -0.376. The molecule has 5 aromatic rings. The Morgan fingerprint density at radius 3 is 2.21 bits per heavy atom. The Kier molecular flexibility index (Phi) is 6.77. The fraction of sp³-hybridized carbons (Fsp3) is 0.286. The first kappa shape index (κ1) is 27.8. The van der Waals surface area contributed by atoms with Gasteiger partial charge in [0.15, 0.2) is 5.65 Å². The Morgan fingerprint density at radius 2 is 1.52 bits per heavy atom. The van der Waals surface area contributed by atoms with Crippen molar-refractivity contribution in [2.24, 2.45) is 0 Å². The van der Waals surface area contributed by atoms with E-state index in [-0.39, 0.29) is 11.4 Å². The van der Waals surface area contributed by atoms with Crippen LogP contribution in [0, 0.1) is 0 Å². The number of hydrogen-bond acceptors (Lipinski definition) is 7. The van der Waals surface area contributed by atoms with Crippen LogP contribution in [0.4, 0.5) is 32.0 Å². The molecule has 1 aliphatic rings. The molecule has 0 unspecified atom stereocenters. The third-order valence-electron chi connectivity index (χ3n) is 7.39. The summed E-state index contributed by atoms with van der Waals surface area (Å²) in [5.74, 6) is 0.275. The zero-order chi connectivity index (χ0) is 29.7. The molecule has 0 radical (unpaired) electrons. The van der Waals surface area contributed by atoms with Crippen molar-refractivity contribution in [3.8, 4) is 11.4 Å². The summed E-state index contributed by atoms with van der Waals surface area (Å²) in [6.45, 7) is 3.68. The molecule has 0 saturated carbocycles. The predicted octanol–water partition coefficient (Wildman–Crippen LogP) is 5.20. The van der Waals surface area contributed by atoms with E-state index in [4.69, 9.17) is 0 Å². The van der Waals surface area contributed by atoms with Crippen LogP contribution in [0.25, 0.3) is 33.6 Å². The first-order valence-electron chi connectivity index (χ1n) is 12.9. The van der Waals surface area contributed by atoms with Crippen molar-refractivity contribution in [3.63, 3.8) is 0 Å². The topological polar surface area (TPSA) is 94.1 Å². The molecule has 1 aliphatic heterocycles. The lowest BCUT2D eigenvalue weighted by Crippen LogP contribution is -2.53. The number of halogens is 6. The van der Waals surface area contributed by atoms with Crippen molar-refractivity contribution < 1.29 is 31.4 Å². The highest BCUT2D eigenvalue weighted by atomic mass is 19.4. The van der Waals surface area contributed by atoms with E-state index >= 15 is 0 Å². The molecule has 1 saturated heterocycles. The molecule has 42 heavy (non-hydrogen) atoms. The molecule has 8 nitrogen and oxygen atoms in total. The molecule has 2 aromatic carbocycles. The molecule has 6 rings (SSSR count). The summed E-state index contributed by atoms with van der Waals surface area (Å²) < 4.78 is 79.5. The fourth-order valence-corrected chi connectivity index (χ4v) is 5.16. The number of benzene rings is 2. The lowest BCUT2D eigenvalue weighted by atomic mass is 9.91. The molecule has 14 heteroatoms. The second-order valence-electron chi connectivity index (χ2n) is 10.0. The van der Waals surface area contributed by atoms with E-state index < -0.39 is 23.5 Å². The van der Waals surface area contributed by atoms with E-state index in [1.54, 1.807) is 24.7 Å². The molecule has 4 heterocycles. The predicted molar refractivity (Wildman–Crippen MR) is 142 cm³/mol. The van der Waals surface area contributed by atoms with Crippen LogP contribution in [0.15, 0.2) is 67.1 Å². The van der Waals surface area contributed by atoms with Crippen LogP contribution in [0.3, 0.4) is 0 Å². The number of para-hydroxylation sites is 1. The first-order chi connectivity index (χ1) is 19.9. The minimum Gasteiger partial charge on any atom is -0.369 e. The van der Waals surface area contributed by atoms with Gasteiger partial charge >= 0.3 is 12.4 Å². The number of aromatic nitrogens is 5. The van der Waals surface area contributed by atoms with Crippen LogP contribution >= 0.6 is 0 Å². The summed E-state index contributed by atoms with van der Waals surface area (Å²) >= 11 is 0. The second kappa shape index (κ2) is 10.2. The third-order valence-corrected chi connectivity index (χ3v) is 7.39. The van der Waals surface area contributed by atoms with Gasteiger partial charge in [0.25, 0.3) is 5.60 Å². The highest BCUT2D eigenvalue weighted by molar-refractivity contribution is 5.91. The number of nitrogens with one attached hydrogen (secondary N) is 1. The SMILES string of the molecule is OC(c1ccc(-c2nc3c(N4CCN(Cc5cnc6nccnc6c5)CC4)cccc3[nH]2)cc1)(C(F)(F)F)C(F)(F)F. The van der Waals surface area contributed by atoms with Crippen LogP contribution in [0.1, 0.15) is 11.1 Å². The van der Waals surface area contributed by atoms with Gasteiger partial charge in [0.1, 0.15) is 16.9 Å². The number of rotatable bonds is 5. The van der Waals surface area contributed by atoms with Crippen molar-refractivity contribution in [1.82, 2.24) is 29.8 Å². The van der Waals surface area contributed by atoms with Crippen molar-refractivity contribution >= 4 is 27.9 Å². The number of piperazine rings is 1. The smallest absolute Gasteiger partial charge is 0.369 e. The Balaban J connectivity index is 1.19. The van der Waals surface area contributed by atoms with E-state index in [2.05, 4.69) is 34.7 Å². The molecular formula is C28H23F6N7O. The Bertz CT molecular complexity index is 1710. The maximum atomic E-state index is 13.3. The van der Waals surface area contributed by atoms with E-state index in [1.807, 2.05) is 18.2 Å². The lowest BCUT2D eigenvalue weighted by Gasteiger charge is -2.36. The standard InChI is InChI=1S/C28H23F6N7O/c29-27(30,31)26(42,28(32,33)34)19-6-4-18(5-7-19)24-38-20-2-1-3-22(23(20)39-24)41-12-10-40(11-13-41)16-17-14-21-25(37-15-17)36-9-8-35-21/h1-9,14-15,42H,10-13,16H2,(H,38,39). The molecule has 0 atom stereocenters. The molecule has 0 spiro atoms. The number of fused-ring (bicyclic) bond motifs is 2. The fourth-order valence-electron chi connectivity index (χ4n) is 5.16. The summed E-state index contributed by atoms with van der Waals surface area (Å²) in [4.78, 5) is 25.1. The van der Waals surface area contributed by atoms with Crippen molar-refractivity contribution in [1.29, 1.82) is 0 Å². The summed E-state index contributed by atoms with van der Waals surface area (Å²) in [6.07, 6.45) is -6.88. The van der Waals surface area contributed by atoms with Gasteiger partial charge < -0.3 is 15.0 Å². The number of H-pyrrole nitrogens is 1. The summed E-state index contributed by atoms with van der Waals surface area (Å²) in [7, 11) is 0. The van der Waals surface area contributed by atoms with Crippen LogP contribution < -0.4 is 4.90 Å². The van der Waals surface area contributed by atoms with Gasteiger partial charge in [-0.3, -0.25) is 9.88 Å². The van der Waals surface area contributed by atoms with Crippen molar-refractivity contribution in [2.75, 3.05) is 31.1 Å². The number of alkyl halides is 6. The molecule has 0 amide bonds. The number of hydrogen-bond donors (Lipinski definition) is 2. The average Bonchev–Trinajstić information content (AvgIpc) is 3.41. The molecule has 218 valence electrons. The molecule has 2 N–H and O–H groups in total. The van der Waals surface area contributed by atoms with Gasteiger partial charge in [-0.15, -0.1) is 0 Å². The van der Waals surface area contributed by atoms with Gasteiger partial charge in [0, 0.05) is 62.4 Å². The number of aromatic amines is 1. The van der Waals surface area contributed by atoms with E-state index in [9.17, 15) is 31.4 Å². The van der Waals surface area contributed by atoms with Crippen molar-refractivity contribution in [2.45, 2.75) is 24.5 Å². The van der Waals surface area contributed by atoms with Crippen molar-refractivity contribution in [3.05, 3.63) is 78.2 Å². The Morgan fingerprint density at radius 1 is 0.833 bits per heavy atom. The molecule has 0 bridgehead atoms. The number of aliphatic hydroxyl groups is 1. The number of pyridine rings is 1. The van der Waals surface area contributed by atoms with Gasteiger partial charge in [0.05, 0.1) is 11.2 Å². The van der Waals surface area contributed by atoms with E-state index in [0.717, 1.165) is 42.0 Å². The van der Waals surface area contributed by atoms with E-state index in [1.165, 1.54) is 0 Å². The van der Waals surface area contributed by atoms with Crippen LogP contribution in [-0.2, 0) is 12.1 Å². The number of nitrogens with zero attached hydrogens (tertiary/aromatic N) is 6. The monoisotopic (exact) mass is 587 g/mol. The minimum atomic E-state index is -5.95. The zero-order valence-electron chi connectivity index (χ0n) is 21.8. The quantitative estimate of drug-likeness (QED) is 0.273. The second-order valence-corrected chi connectivity index (χ2v) is 10.0. The summed E-state index contributed by atoms with van der Waals surface area (Å²) in [6, 6.07) is 10.9. The van der Waals surface area contributed by atoms with Gasteiger partial charge in [-0.2, -0.15) is 26.3 Å². The van der Waals surface area contributed by atoms with Crippen LogP contribution in [0.2, 0.25) is 0 Å². The van der Waals surface area contributed by atoms with Crippen LogP contribution in [-0.4, -0.2) is 73.5 Å². The van der Waals surface area contributed by atoms with Gasteiger partial charge in [0.2, 0.25) is 0 Å². The summed E-state index contributed by atoms with van der Waals surface area (Å²) in [5, 5.41) is 9.66. The number of anilines is 1. The van der Waals surface area contributed by atoms with Gasteiger partial charge in [-0.05, 0) is 23.8 Å². The molecular weight excluding hydrogens is 564 g/mol. The Labute approximate surface area is 234 Å². The molecule has 3 aromatic heterocycles. The minimum absolute atomic E-state index is 0.270. The average molecular weight is 588 g/mol. The van der Waals surface area contributed by atoms with Crippen LogP contribution in [0.5, 0.6) is 0 Å². The normalized spacial score (nSPS) is 15.5. The summed E-state index contributed by atoms with van der Waals surface area (Å²) in [5.41, 5.74) is -1.52. The largest absolute Gasteiger partial charge is 0.430 e. The Hall–Kier alpha value is -4.30. The van der Waals surface area contributed by atoms with E-state index in [0.29, 0.717) is 48.4 Å². The third kappa shape index (κ3) is 4.90. The first-order valence-corrected chi connectivity index (χ1v) is 12.9. The zero-order valence-corrected chi connectivity index (χ0v) is 21.8. The number of imidazole rings is 1. The van der Waals surface area contributed by atoms with Gasteiger partial charge in [-0.25, -0.2) is 15.0 Å². The molecule has 1 fully saturated rings. The maximum Gasteiger partial charge on any atom is 0.430 e. The highest BCUT2D eigenvalue weighted by Gasteiger charge is 2.71.